The maximum atomic E-state index is 12.4. The highest BCUT2D eigenvalue weighted by Gasteiger charge is 2.33. The molecule has 1 aliphatic heterocycles. The first-order valence-electron chi connectivity index (χ1n) is 7.85. The van der Waals surface area contributed by atoms with E-state index in [1.807, 2.05) is 4.90 Å². The monoisotopic (exact) mass is 267 g/mol. The van der Waals surface area contributed by atoms with E-state index in [2.05, 4.69) is 18.7 Å². The van der Waals surface area contributed by atoms with Crippen LogP contribution in [-0.2, 0) is 4.79 Å². The lowest BCUT2D eigenvalue weighted by molar-refractivity contribution is -0.135. The van der Waals surface area contributed by atoms with E-state index in [9.17, 15) is 4.79 Å². The summed E-state index contributed by atoms with van der Waals surface area (Å²) in [6.45, 7) is 8.20. The Morgan fingerprint density at radius 2 is 1.95 bits per heavy atom. The van der Waals surface area contributed by atoms with E-state index >= 15 is 0 Å². The lowest BCUT2D eigenvalue weighted by Crippen LogP contribution is -2.55. The number of piperazine rings is 1. The van der Waals surface area contributed by atoms with Gasteiger partial charge in [-0.2, -0.15) is 0 Å². The molecule has 0 radical (unpaired) electrons. The van der Waals surface area contributed by atoms with Crippen LogP contribution in [0.25, 0.3) is 0 Å². The number of carbonyl (C=O) groups excluding carboxylic acids is 1. The summed E-state index contributed by atoms with van der Waals surface area (Å²) in [4.78, 5) is 16.9. The van der Waals surface area contributed by atoms with E-state index < -0.39 is 0 Å². The van der Waals surface area contributed by atoms with Crippen molar-refractivity contribution in [1.29, 1.82) is 0 Å². The molecule has 1 amide bonds. The smallest absolute Gasteiger partial charge is 0.224 e. The Hall–Kier alpha value is -0.610. The Kier molecular flexibility index (Phi) is 4.85. The van der Waals surface area contributed by atoms with Gasteiger partial charge >= 0.3 is 0 Å². The van der Waals surface area contributed by atoms with Crippen LogP contribution in [0, 0.1) is 0 Å². The number of amides is 1. The molecule has 1 atom stereocenters. The maximum Gasteiger partial charge on any atom is 0.224 e. The van der Waals surface area contributed by atoms with Gasteiger partial charge in [0, 0.05) is 37.6 Å². The van der Waals surface area contributed by atoms with Crippen LogP contribution in [0.4, 0.5) is 0 Å². The van der Waals surface area contributed by atoms with Gasteiger partial charge in [0.1, 0.15) is 0 Å². The van der Waals surface area contributed by atoms with Gasteiger partial charge in [-0.15, -0.1) is 0 Å². The Balaban J connectivity index is 1.86. The summed E-state index contributed by atoms with van der Waals surface area (Å²) in [5.41, 5.74) is 6.18. The minimum Gasteiger partial charge on any atom is -0.340 e. The zero-order chi connectivity index (χ0) is 13.9. The van der Waals surface area contributed by atoms with Gasteiger partial charge in [-0.1, -0.05) is 26.2 Å². The molecule has 2 N–H and O–H groups in total. The summed E-state index contributed by atoms with van der Waals surface area (Å²) in [6, 6.07) is 0.475. The average Bonchev–Trinajstić information content (AvgIpc) is 2.39. The van der Waals surface area contributed by atoms with Crippen LogP contribution in [-0.4, -0.2) is 53.5 Å². The second kappa shape index (κ2) is 6.23. The molecule has 4 nitrogen and oxygen atoms in total. The maximum absolute atomic E-state index is 12.4. The van der Waals surface area contributed by atoms with Crippen molar-refractivity contribution in [3.05, 3.63) is 0 Å². The third kappa shape index (κ3) is 3.69. The zero-order valence-electron chi connectivity index (χ0n) is 12.5. The lowest BCUT2D eigenvalue weighted by Gasteiger charge is -2.41. The lowest BCUT2D eigenvalue weighted by atomic mass is 9.80. The summed E-state index contributed by atoms with van der Waals surface area (Å²) in [6.07, 6.45) is 6.23. The number of rotatable bonds is 3. The fourth-order valence-electron chi connectivity index (χ4n) is 3.54. The van der Waals surface area contributed by atoms with Crippen LogP contribution >= 0.6 is 0 Å². The summed E-state index contributed by atoms with van der Waals surface area (Å²) in [5.74, 6) is 0.270. The first kappa shape index (κ1) is 14.8. The van der Waals surface area contributed by atoms with Crippen molar-refractivity contribution in [2.45, 2.75) is 64.0 Å². The van der Waals surface area contributed by atoms with Gasteiger partial charge in [-0.25, -0.2) is 0 Å². The fraction of sp³-hybridized carbons (Fsp3) is 0.933. The fourth-order valence-corrected chi connectivity index (χ4v) is 3.54. The number of carbonyl (C=O) groups is 1. The molecule has 2 fully saturated rings. The Labute approximate surface area is 117 Å². The molecule has 19 heavy (non-hydrogen) atoms. The molecule has 110 valence electrons. The molecule has 2 rings (SSSR count). The molecule has 1 aliphatic carbocycles. The predicted octanol–water partition coefficient (Wildman–Crippen LogP) is 1.59. The van der Waals surface area contributed by atoms with Gasteiger partial charge in [-0.05, 0) is 26.3 Å². The van der Waals surface area contributed by atoms with E-state index in [4.69, 9.17) is 5.73 Å². The van der Waals surface area contributed by atoms with Crippen molar-refractivity contribution in [3.8, 4) is 0 Å². The van der Waals surface area contributed by atoms with Crippen LogP contribution in [0.5, 0.6) is 0 Å². The second-order valence-electron chi connectivity index (χ2n) is 6.42. The van der Waals surface area contributed by atoms with Crippen molar-refractivity contribution in [1.82, 2.24) is 9.80 Å². The average molecular weight is 267 g/mol. The minimum atomic E-state index is -0.222. The molecule has 2 aliphatic rings. The normalized spacial score (nSPS) is 28.4. The number of hydrogen-bond donors (Lipinski definition) is 1. The van der Waals surface area contributed by atoms with Crippen LogP contribution in [0.1, 0.15) is 52.4 Å². The molecule has 0 bridgehead atoms. The largest absolute Gasteiger partial charge is 0.340 e. The molecule has 1 unspecified atom stereocenters. The van der Waals surface area contributed by atoms with E-state index in [1.54, 1.807) is 0 Å². The standard InChI is InChI=1S/C15H29N3O/c1-3-17-9-10-18(12-13(17)2)14(19)11-15(16)7-5-4-6-8-15/h13H,3-12,16H2,1-2H3. The number of nitrogens with zero attached hydrogens (tertiary/aromatic N) is 2. The van der Waals surface area contributed by atoms with Crippen molar-refractivity contribution >= 4 is 5.91 Å². The molecule has 0 spiro atoms. The molecule has 4 heteroatoms. The first-order chi connectivity index (χ1) is 9.04. The van der Waals surface area contributed by atoms with E-state index in [1.165, 1.54) is 19.3 Å². The summed E-state index contributed by atoms with van der Waals surface area (Å²) >= 11 is 0. The van der Waals surface area contributed by atoms with E-state index in [0.29, 0.717) is 12.5 Å². The highest BCUT2D eigenvalue weighted by atomic mass is 16.2. The quantitative estimate of drug-likeness (QED) is 0.845. The van der Waals surface area contributed by atoms with Gasteiger partial charge in [0.2, 0.25) is 5.91 Å². The van der Waals surface area contributed by atoms with Gasteiger partial charge in [0.15, 0.2) is 0 Å². The third-order valence-corrected chi connectivity index (χ3v) is 4.88. The highest BCUT2D eigenvalue weighted by Crippen LogP contribution is 2.29. The molecule has 1 saturated carbocycles. The molecule has 1 heterocycles. The van der Waals surface area contributed by atoms with Gasteiger partial charge in [-0.3, -0.25) is 9.69 Å². The second-order valence-corrected chi connectivity index (χ2v) is 6.42. The van der Waals surface area contributed by atoms with Gasteiger partial charge < -0.3 is 10.6 Å². The topological polar surface area (TPSA) is 49.6 Å². The van der Waals surface area contributed by atoms with Crippen LogP contribution < -0.4 is 5.73 Å². The summed E-state index contributed by atoms with van der Waals surface area (Å²) in [5, 5.41) is 0. The third-order valence-electron chi connectivity index (χ3n) is 4.88. The molecule has 1 saturated heterocycles. The minimum absolute atomic E-state index is 0.222. The first-order valence-corrected chi connectivity index (χ1v) is 7.85. The van der Waals surface area contributed by atoms with Crippen molar-refractivity contribution < 1.29 is 4.79 Å². The van der Waals surface area contributed by atoms with Crippen LogP contribution in [0.3, 0.4) is 0 Å². The molecule has 0 aromatic carbocycles. The van der Waals surface area contributed by atoms with Crippen molar-refractivity contribution in [2.75, 3.05) is 26.2 Å². The zero-order valence-corrected chi connectivity index (χ0v) is 12.5. The molecular weight excluding hydrogens is 238 g/mol. The summed E-state index contributed by atoms with van der Waals surface area (Å²) in [7, 11) is 0. The Morgan fingerprint density at radius 1 is 1.26 bits per heavy atom. The van der Waals surface area contributed by atoms with E-state index in [0.717, 1.165) is 39.0 Å². The van der Waals surface area contributed by atoms with Crippen molar-refractivity contribution in [3.63, 3.8) is 0 Å². The Bertz CT molecular complexity index is 313. The van der Waals surface area contributed by atoms with Crippen molar-refractivity contribution in [2.24, 2.45) is 5.73 Å². The highest BCUT2D eigenvalue weighted by molar-refractivity contribution is 5.77. The molecular formula is C15H29N3O. The predicted molar refractivity (Wildman–Crippen MR) is 77.9 cm³/mol. The van der Waals surface area contributed by atoms with Crippen LogP contribution in [0.2, 0.25) is 0 Å². The Morgan fingerprint density at radius 3 is 2.53 bits per heavy atom. The number of hydrogen-bond acceptors (Lipinski definition) is 3. The van der Waals surface area contributed by atoms with E-state index in [-0.39, 0.29) is 11.4 Å². The van der Waals surface area contributed by atoms with Crippen LogP contribution in [0.15, 0.2) is 0 Å². The SMILES string of the molecule is CCN1CCN(C(=O)CC2(N)CCCCC2)CC1C. The molecule has 0 aromatic rings. The number of likely N-dealkylation sites (N-methyl/N-ethyl adjacent to an activating group) is 1. The van der Waals surface area contributed by atoms with Gasteiger partial charge in [0.05, 0.1) is 0 Å². The number of nitrogens with two attached hydrogens (primary N) is 1. The summed E-state index contributed by atoms with van der Waals surface area (Å²) < 4.78 is 0. The molecule has 0 aromatic heterocycles. The van der Waals surface area contributed by atoms with Gasteiger partial charge in [0.25, 0.3) is 0 Å².